The molecule has 0 unspecified atom stereocenters. The van der Waals surface area contributed by atoms with E-state index in [9.17, 15) is 4.79 Å². The standard InChI is InChI=1S/C9H14N2O2/c1-7(12)8(13)11(2)9(6-10)4-3-5-9/h7,12H,3-5H2,1-2H3/t7-/m0/s1. The van der Waals surface area contributed by atoms with Crippen LogP contribution in [0.3, 0.4) is 0 Å². The van der Waals surface area contributed by atoms with Gasteiger partial charge in [-0.15, -0.1) is 0 Å². The van der Waals surface area contributed by atoms with Crippen molar-refractivity contribution in [3.8, 4) is 6.07 Å². The van der Waals surface area contributed by atoms with E-state index in [0.717, 1.165) is 19.3 Å². The highest BCUT2D eigenvalue weighted by Gasteiger charge is 2.44. The van der Waals surface area contributed by atoms with Gasteiger partial charge in [-0.25, -0.2) is 0 Å². The summed E-state index contributed by atoms with van der Waals surface area (Å²) < 4.78 is 0. The predicted molar refractivity (Wildman–Crippen MR) is 46.6 cm³/mol. The number of carbonyl (C=O) groups excluding carboxylic acids is 1. The molecule has 0 saturated heterocycles. The third-order valence-electron chi connectivity index (χ3n) is 2.72. The first kappa shape index (κ1) is 10.0. The summed E-state index contributed by atoms with van der Waals surface area (Å²) in [6.07, 6.45) is 1.40. The first-order valence-electron chi connectivity index (χ1n) is 4.40. The molecule has 1 amide bonds. The summed E-state index contributed by atoms with van der Waals surface area (Å²) in [5, 5.41) is 18.0. The molecular weight excluding hydrogens is 168 g/mol. The van der Waals surface area contributed by atoms with Gasteiger partial charge in [0.25, 0.3) is 5.91 Å². The lowest BCUT2D eigenvalue weighted by atomic mass is 9.76. The number of nitrogens with zero attached hydrogens (tertiary/aromatic N) is 2. The zero-order valence-corrected chi connectivity index (χ0v) is 7.95. The van der Waals surface area contributed by atoms with Crippen molar-refractivity contribution in [2.75, 3.05) is 7.05 Å². The van der Waals surface area contributed by atoms with E-state index >= 15 is 0 Å². The molecule has 0 heterocycles. The van der Waals surface area contributed by atoms with Crippen LogP contribution in [0.25, 0.3) is 0 Å². The molecular formula is C9H14N2O2. The molecule has 0 aliphatic heterocycles. The van der Waals surface area contributed by atoms with Crippen LogP contribution < -0.4 is 0 Å². The first-order chi connectivity index (χ1) is 6.03. The van der Waals surface area contributed by atoms with Crippen LogP contribution in [-0.2, 0) is 4.79 Å². The minimum atomic E-state index is -1.02. The van der Waals surface area contributed by atoms with E-state index in [1.54, 1.807) is 7.05 Å². The van der Waals surface area contributed by atoms with Crippen LogP contribution in [-0.4, -0.2) is 34.6 Å². The lowest BCUT2D eigenvalue weighted by Crippen LogP contribution is -2.55. The highest BCUT2D eigenvalue weighted by Crippen LogP contribution is 2.36. The molecule has 1 aliphatic rings. The van der Waals surface area contributed by atoms with Gasteiger partial charge in [-0.1, -0.05) is 0 Å². The van der Waals surface area contributed by atoms with Gasteiger partial charge in [0, 0.05) is 7.05 Å². The van der Waals surface area contributed by atoms with E-state index < -0.39 is 11.6 Å². The van der Waals surface area contributed by atoms with Gasteiger partial charge in [0.05, 0.1) is 6.07 Å². The summed E-state index contributed by atoms with van der Waals surface area (Å²) in [6, 6.07) is 2.14. The maximum Gasteiger partial charge on any atom is 0.252 e. The summed E-state index contributed by atoms with van der Waals surface area (Å²) in [4.78, 5) is 12.7. The second-order valence-electron chi connectivity index (χ2n) is 3.57. The Balaban J connectivity index is 2.72. The second-order valence-corrected chi connectivity index (χ2v) is 3.57. The number of amides is 1. The van der Waals surface area contributed by atoms with Gasteiger partial charge in [-0.05, 0) is 26.2 Å². The molecule has 0 aromatic heterocycles. The SMILES string of the molecule is C[C@H](O)C(=O)N(C)C1(C#N)CCC1. The van der Waals surface area contributed by atoms with Crippen LogP contribution in [0.5, 0.6) is 0 Å². The van der Waals surface area contributed by atoms with Crippen LogP contribution >= 0.6 is 0 Å². The van der Waals surface area contributed by atoms with Crippen molar-refractivity contribution < 1.29 is 9.90 Å². The van der Waals surface area contributed by atoms with Crippen LogP contribution in [0, 0.1) is 11.3 Å². The summed E-state index contributed by atoms with van der Waals surface area (Å²) >= 11 is 0. The molecule has 1 aliphatic carbocycles. The maximum absolute atomic E-state index is 11.4. The zero-order valence-electron chi connectivity index (χ0n) is 7.95. The topological polar surface area (TPSA) is 64.3 Å². The summed E-state index contributed by atoms with van der Waals surface area (Å²) in [5.74, 6) is -0.374. The first-order valence-corrected chi connectivity index (χ1v) is 4.40. The van der Waals surface area contributed by atoms with Gasteiger partial charge < -0.3 is 10.0 Å². The summed E-state index contributed by atoms with van der Waals surface area (Å²) in [6.45, 7) is 1.42. The second kappa shape index (κ2) is 3.35. The van der Waals surface area contributed by atoms with Crippen molar-refractivity contribution in [3.63, 3.8) is 0 Å². The van der Waals surface area contributed by atoms with Gasteiger partial charge in [0.1, 0.15) is 11.6 Å². The van der Waals surface area contributed by atoms with Crippen LogP contribution in [0.1, 0.15) is 26.2 Å². The van der Waals surface area contributed by atoms with Crippen molar-refractivity contribution in [1.29, 1.82) is 5.26 Å². The van der Waals surface area contributed by atoms with Gasteiger partial charge in [0.2, 0.25) is 0 Å². The molecule has 72 valence electrons. The molecule has 1 fully saturated rings. The molecule has 4 heteroatoms. The molecule has 0 aromatic carbocycles. The molecule has 13 heavy (non-hydrogen) atoms. The number of rotatable bonds is 2. The van der Waals surface area contributed by atoms with Crippen LogP contribution in [0.15, 0.2) is 0 Å². The van der Waals surface area contributed by atoms with Crippen molar-refractivity contribution in [2.24, 2.45) is 0 Å². The Morgan fingerprint density at radius 2 is 2.23 bits per heavy atom. The average molecular weight is 182 g/mol. The number of likely N-dealkylation sites (N-methyl/N-ethyl adjacent to an activating group) is 1. The fourth-order valence-corrected chi connectivity index (χ4v) is 1.53. The Hall–Kier alpha value is -1.08. The van der Waals surface area contributed by atoms with E-state index in [0.29, 0.717) is 0 Å². The van der Waals surface area contributed by atoms with Crippen molar-refractivity contribution in [3.05, 3.63) is 0 Å². The minimum absolute atomic E-state index is 0.374. The van der Waals surface area contributed by atoms with Crippen LogP contribution in [0.4, 0.5) is 0 Å². The number of hydrogen-bond donors (Lipinski definition) is 1. The predicted octanol–water partition coefficient (Wildman–Crippen LogP) is 0.272. The smallest absolute Gasteiger partial charge is 0.252 e. The molecule has 0 aromatic rings. The molecule has 1 saturated carbocycles. The molecule has 1 atom stereocenters. The van der Waals surface area contributed by atoms with E-state index in [-0.39, 0.29) is 5.91 Å². The lowest BCUT2D eigenvalue weighted by molar-refractivity contribution is -0.144. The third-order valence-corrected chi connectivity index (χ3v) is 2.72. The van der Waals surface area contributed by atoms with E-state index in [4.69, 9.17) is 10.4 Å². The molecule has 1 N–H and O–H groups in total. The van der Waals surface area contributed by atoms with Gasteiger partial charge in [0.15, 0.2) is 0 Å². The van der Waals surface area contributed by atoms with Crippen molar-refractivity contribution in [1.82, 2.24) is 4.90 Å². The Morgan fingerprint density at radius 1 is 1.69 bits per heavy atom. The maximum atomic E-state index is 11.4. The number of hydrogen-bond acceptors (Lipinski definition) is 3. The normalized spacial score (nSPS) is 21.1. The Morgan fingerprint density at radius 3 is 2.46 bits per heavy atom. The largest absolute Gasteiger partial charge is 0.384 e. The highest BCUT2D eigenvalue weighted by molar-refractivity contribution is 5.81. The van der Waals surface area contributed by atoms with Gasteiger partial charge >= 0.3 is 0 Å². The Kier molecular flexibility index (Phi) is 2.58. The number of aliphatic hydroxyl groups excluding tert-OH is 1. The monoisotopic (exact) mass is 182 g/mol. The number of aliphatic hydroxyl groups is 1. The van der Waals surface area contributed by atoms with E-state index in [2.05, 4.69) is 6.07 Å². The minimum Gasteiger partial charge on any atom is -0.384 e. The summed E-state index contributed by atoms with van der Waals surface area (Å²) in [7, 11) is 1.58. The van der Waals surface area contributed by atoms with E-state index in [1.807, 2.05) is 0 Å². The van der Waals surface area contributed by atoms with E-state index in [1.165, 1.54) is 11.8 Å². The molecule has 1 rings (SSSR count). The Bertz CT molecular complexity index is 251. The van der Waals surface area contributed by atoms with Gasteiger partial charge in [-0.3, -0.25) is 4.79 Å². The fraction of sp³-hybridized carbons (Fsp3) is 0.778. The zero-order chi connectivity index (χ0) is 10.1. The Labute approximate surface area is 77.8 Å². The number of carbonyl (C=O) groups is 1. The molecule has 0 bridgehead atoms. The quantitative estimate of drug-likeness (QED) is 0.666. The third kappa shape index (κ3) is 1.52. The van der Waals surface area contributed by atoms with Crippen LogP contribution in [0.2, 0.25) is 0 Å². The fourth-order valence-electron chi connectivity index (χ4n) is 1.53. The average Bonchev–Trinajstić information content (AvgIpc) is 2.01. The van der Waals surface area contributed by atoms with Gasteiger partial charge in [-0.2, -0.15) is 5.26 Å². The highest BCUT2D eigenvalue weighted by atomic mass is 16.3. The molecule has 0 spiro atoms. The number of nitriles is 1. The summed E-state index contributed by atoms with van der Waals surface area (Å²) in [5.41, 5.74) is -0.645. The van der Waals surface area contributed by atoms with Crippen molar-refractivity contribution in [2.45, 2.75) is 37.8 Å². The lowest BCUT2D eigenvalue weighted by Gasteiger charge is -2.43. The molecule has 0 radical (unpaired) electrons. The van der Waals surface area contributed by atoms with Crippen molar-refractivity contribution >= 4 is 5.91 Å². The molecule has 4 nitrogen and oxygen atoms in total.